The van der Waals surface area contributed by atoms with E-state index in [1.165, 1.54) is 19.3 Å². The number of fused-ring (bicyclic) bond motifs is 2. The Morgan fingerprint density at radius 3 is 2.46 bits per heavy atom. The van der Waals surface area contributed by atoms with Gasteiger partial charge >= 0.3 is 5.97 Å². The lowest BCUT2D eigenvalue weighted by Crippen LogP contribution is -2.43. The van der Waals surface area contributed by atoms with Gasteiger partial charge in [0, 0.05) is 0 Å². The van der Waals surface area contributed by atoms with Crippen LogP contribution in [-0.2, 0) is 9.53 Å². The first-order valence-electron chi connectivity index (χ1n) is 9.46. The van der Waals surface area contributed by atoms with Crippen LogP contribution in [-0.4, -0.2) is 22.8 Å². The van der Waals surface area contributed by atoms with E-state index in [0.717, 1.165) is 18.1 Å². The number of carbonyl (C=O) groups excluding carboxylic acids is 1. The molecule has 26 heavy (non-hydrogen) atoms. The average molecular weight is 472 g/mol. The van der Waals surface area contributed by atoms with Crippen molar-refractivity contribution in [3.05, 3.63) is 24.3 Å². The molecule has 3 rings (SSSR count). The van der Waals surface area contributed by atoms with E-state index in [4.69, 9.17) is 14.2 Å². The first-order valence-corrected chi connectivity index (χ1v) is 10.7. The number of ether oxygens (including phenoxy) is 3. The summed E-state index contributed by atoms with van der Waals surface area (Å²) >= 11 is 2.10. The summed E-state index contributed by atoms with van der Waals surface area (Å²) in [5, 5.41) is 0. The summed E-state index contributed by atoms with van der Waals surface area (Å²) in [5.74, 6) is 1.81. The van der Waals surface area contributed by atoms with Crippen LogP contribution in [0.4, 0.5) is 0 Å². The summed E-state index contributed by atoms with van der Waals surface area (Å²) in [4.78, 5) is 11.8. The molecule has 2 aliphatic rings. The van der Waals surface area contributed by atoms with E-state index < -0.39 is 0 Å². The monoisotopic (exact) mass is 472 g/mol. The third kappa shape index (κ3) is 3.88. The third-order valence-electron chi connectivity index (χ3n) is 6.25. The largest absolute Gasteiger partial charge is 0.468 e. The quantitative estimate of drug-likeness (QED) is 0.176. The van der Waals surface area contributed by atoms with Gasteiger partial charge in [0.05, 0.1) is 6.10 Å². The molecule has 0 heterocycles. The molecule has 0 aromatic heterocycles. The maximum atomic E-state index is 11.8. The highest BCUT2D eigenvalue weighted by molar-refractivity contribution is 14.1. The summed E-state index contributed by atoms with van der Waals surface area (Å²) in [7, 11) is 0. The van der Waals surface area contributed by atoms with Gasteiger partial charge in [-0.2, -0.15) is 0 Å². The van der Waals surface area contributed by atoms with Gasteiger partial charge in [-0.1, -0.05) is 50.3 Å². The number of halogens is 1. The number of hydrogen-bond donors (Lipinski definition) is 0. The molecule has 0 saturated heterocycles. The molecular weight excluding hydrogens is 443 g/mol. The van der Waals surface area contributed by atoms with Crippen LogP contribution in [0.5, 0.6) is 11.5 Å². The van der Waals surface area contributed by atoms with Gasteiger partial charge in [0.15, 0.2) is 6.79 Å². The van der Waals surface area contributed by atoms with Gasteiger partial charge < -0.3 is 14.2 Å². The lowest BCUT2D eigenvalue weighted by Gasteiger charge is -2.42. The Kier molecular flexibility index (Phi) is 5.87. The lowest BCUT2D eigenvalue weighted by molar-refractivity contribution is -0.133. The molecule has 4 atom stereocenters. The summed E-state index contributed by atoms with van der Waals surface area (Å²) in [6, 6.07) is 7.14. The van der Waals surface area contributed by atoms with Gasteiger partial charge in [-0.25, -0.2) is 0 Å². The summed E-state index contributed by atoms with van der Waals surface area (Å²) < 4.78 is 17.2. The summed E-state index contributed by atoms with van der Waals surface area (Å²) in [5.41, 5.74) is 0.495. The third-order valence-corrected chi connectivity index (χ3v) is 7.64. The van der Waals surface area contributed by atoms with Crippen LogP contribution in [0.25, 0.3) is 0 Å². The molecule has 2 saturated carbocycles. The Balaban J connectivity index is 1.51. The molecule has 1 aromatic rings. The normalized spacial score (nSPS) is 30.2. The standard InChI is InChI=1S/C21H29IO4/c1-5-17(22)18(23)26-16-8-6-15(7-9-16)24-13-25-19-20(2,3)14-10-11-21(19,4)12-14/h6-9,14,17,19H,5,10-13H2,1-4H3. The molecule has 0 aliphatic heterocycles. The maximum Gasteiger partial charge on any atom is 0.324 e. The molecule has 0 spiro atoms. The van der Waals surface area contributed by atoms with Crippen LogP contribution in [0.3, 0.4) is 0 Å². The second-order valence-electron chi connectivity index (χ2n) is 8.49. The zero-order chi connectivity index (χ0) is 18.9. The smallest absolute Gasteiger partial charge is 0.324 e. The van der Waals surface area contributed by atoms with Crippen LogP contribution >= 0.6 is 22.6 Å². The number of esters is 1. The fourth-order valence-electron chi connectivity index (χ4n) is 4.79. The molecule has 4 nitrogen and oxygen atoms in total. The number of carbonyl (C=O) groups is 1. The number of benzene rings is 1. The predicted molar refractivity (Wildman–Crippen MR) is 110 cm³/mol. The number of hydrogen-bond acceptors (Lipinski definition) is 4. The first-order chi connectivity index (χ1) is 12.3. The molecule has 4 unspecified atom stereocenters. The molecule has 5 heteroatoms. The van der Waals surface area contributed by atoms with Gasteiger partial charge in [-0.3, -0.25) is 4.79 Å². The highest BCUT2D eigenvalue weighted by atomic mass is 127. The van der Waals surface area contributed by atoms with E-state index in [1.807, 2.05) is 19.1 Å². The van der Waals surface area contributed by atoms with E-state index in [9.17, 15) is 4.79 Å². The Hall–Kier alpha value is -0.820. The van der Waals surface area contributed by atoms with E-state index in [1.54, 1.807) is 12.1 Å². The number of alkyl halides is 1. The van der Waals surface area contributed by atoms with Crippen LogP contribution in [0.2, 0.25) is 0 Å². The average Bonchev–Trinajstić information content (AvgIpc) is 3.09. The molecule has 2 aliphatic carbocycles. The molecular formula is C21H29IO4. The second kappa shape index (κ2) is 7.66. The molecule has 144 valence electrons. The zero-order valence-corrected chi connectivity index (χ0v) is 18.2. The van der Waals surface area contributed by atoms with E-state index in [-0.39, 0.29) is 33.6 Å². The zero-order valence-electron chi connectivity index (χ0n) is 16.1. The molecule has 2 bridgehead atoms. The van der Waals surface area contributed by atoms with Crippen molar-refractivity contribution in [3.8, 4) is 11.5 Å². The van der Waals surface area contributed by atoms with Gasteiger partial charge in [0.1, 0.15) is 15.4 Å². The van der Waals surface area contributed by atoms with Crippen molar-refractivity contribution in [2.24, 2.45) is 16.7 Å². The van der Waals surface area contributed by atoms with Crippen LogP contribution in [0, 0.1) is 16.7 Å². The second-order valence-corrected chi connectivity index (χ2v) is 10.00. The molecule has 0 amide bonds. The fraction of sp³-hybridized carbons (Fsp3) is 0.667. The SMILES string of the molecule is CCC(I)C(=O)Oc1ccc(OCOC2C3(C)CCC(C3)C2(C)C)cc1. The summed E-state index contributed by atoms with van der Waals surface area (Å²) in [6.07, 6.45) is 4.83. The van der Waals surface area contributed by atoms with E-state index in [2.05, 4.69) is 43.4 Å². The Morgan fingerprint density at radius 2 is 1.88 bits per heavy atom. The van der Waals surface area contributed by atoms with Crippen molar-refractivity contribution >= 4 is 28.6 Å². The van der Waals surface area contributed by atoms with Gasteiger partial charge in [-0.05, 0) is 66.7 Å². The van der Waals surface area contributed by atoms with Crippen molar-refractivity contribution in [1.82, 2.24) is 0 Å². The minimum atomic E-state index is -0.211. The highest BCUT2D eigenvalue weighted by Gasteiger charge is 2.60. The maximum absolute atomic E-state index is 11.8. The van der Waals surface area contributed by atoms with Gasteiger partial charge in [0.25, 0.3) is 0 Å². The van der Waals surface area contributed by atoms with Crippen LogP contribution in [0.1, 0.15) is 53.4 Å². The molecule has 2 fully saturated rings. The summed E-state index contributed by atoms with van der Waals surface area (Å²) in [6.45, 7) is 9.22. The van der Waals surface area contributed by atoms with E-state index in [0.29, 0.717) is 5.75 Å². The van der Waals surface area contributed by atoms with E-state index >= 15 is 0 Å². The molecule has 0 N–H and O–H groups in total. The molecule has 0 radical (unpaired) electrons. The minimum Gasteiger partial charge on any atom is -0.468 e. The van der Waals surface area contributed by atoms with Crippen LogP contribution in [0.15, 0.2) is 24.3 Å². The number of rotatable bonds is 7. The van der Waals surface area contributed by atoms with Crippen molar-refractivity contribution in [2.75, 3.05) is 6.79 Å². The minimum absolute atomic E-state index is 0.122. The Bertz CT molecular complexity index is 637. The predicted octanol–water partition coefficient (Wildman–Crippen LogP) is 5.37. The van der Waals surface area contributed by atoms with Gasteiger partial charge in [0.2, 0.25) is 0 Å². The first kappa shape index (κ1) is 19.9. The topological polar surface area (TPSA) is 44.8 Å². The Morgan fingerprint density at radius 1 is 1.23 bits per heavy atom. The fourth-order valence-corrected chi connectivity index (χ4v) is 4.92. The van der Waals surface area contributed by atoms with Crippen molar-refractivity contribution in [1.29, 1.82) is 0 Å². The molecule has 1 aromatic carbocycles. The lowest BCUT2D eigenvalue weighted by atomic mass is 9.70. The van der Waals surface area contributed by atoms with Crippen molar-refractivity contribution in [2.45, 2.75) is 63.4 Å². The van der Waals surface area contributed by atoms with Crippen molar-refractivity contribution < 1.29 is 19.0 Å². The highest BCUT2D eigenvalue weighted by Crippen LogP contribution is 2.63. The van der Waals surface area contributed by atoms with Crippen LogP contribution < -0.4 is 9.47 Å². The van der Waals surface area contributed by atoms with Gasteiger partial charge in [-0.15, -0.1) is 0 Å². The Labute approximate surface area is 170 Å². The van der Waals surface area contributed by atoms with Crippen molar-refractivity contribution in [3.63, 3.8) is 0 Å².